The first kappa shape index (κ1) is 24.4. The molecule has 0 aliphatic carbocycles. The van der Waals surface area contributed by atoms with E-state index in [1.165, 1.54) is 41.9 Å². The molecule has 0 unspecified atom stereocenters. The summed E-state index contributed by atoms with van der Waals surface area (Å²) in [5.74, 6) is -1.05. The summed E-state index contributed by atoms with van der Waals surface area (Å²) in [6.45, 7) is 3.64. The van der Waals surface area contributed by atoms with Gasteiger partial charge >= 0.3 is 6.18 Å². The summed E-state index contributed by atoms with van der Waals surface area (Å²) in [4.78, 5) is 30.3. The summed E-state index contributed by atoms with van der Waals surface area (Å²) in [6.07, 6.45) is -1.15. The number of aryl methyl sites for hydroxylation is 1. The van der Waals surface area contributed by atoms with Crippen molar-refractivity contribution >= 4 is 29.3 Å². The van der Waals surface area contributed by atoms with Crippen LogP contribution in [0.1, 0.15) is 16.7 Å². The molecule has 1 heterocycles. The number of imidazole rings is 1. The fraction of sp³-hybridized carbons (Fsp3) is 0.261. The zero-order valence-electron chi connectivity index (χ0n) is 18.3. The van der Waals surface area contributed by atoms with E-state index in [4.69, 9.17) is 0 Å². The van der Waals surface area contributed by atoms with Gasteiger partial charge in [0.2, 0.25) is 11.8 Å². The maximum Gasteiger partial charge on any atom is 0.418 e. The number of nitrogens with one attached hydrogen (secondary N) is 1. The lowest BCUT2D eigenvalue weighted by Crippen LogP contribution is -2.36. The van der Waals surface area contributed by atoms with Crippen LogP contribution >= 0.6 is 11.8 Å². The van der Waals surface area contributed by atoms with Gasteiger partial charge in [0.05, 0.1) is 29.2 Å². The molecule has 174 valence electrons. The lowest BCUT2D eigenvalue weighted by atomic mass is 10.1. The van der Waals surface area contributed by atoms with Gasteiger partial charge < -0.3 is 10.2 Å². The number of carbonyl (C=O) groups is 2. The number of hydrogen-bond donors (Lipinski definition) is 1. The van der Waals surface area contributed by atoms with E-state index in [0.717, 1.165) is 22.9 Å². The minimum Gasteiger partial charge on any atom is -0.336 e. The Morgan fingerprint density at radius 2 is 1.85 bits per heavy atom. The Bertz CT molecular complexity index is 1160. The molecule has 2 amide bonds. The molecular weight excluding hydrogens is 453 g/mol. The van der Waals surface area contributed by atoms with Gasteiger partial charge in [-0.1, -0.05) is 36.0 Å². The summed E-state index contributed by atoms with van der Waals surface area (Å²) in [7, 11) is 1.43. The van der Waals surface area contributed by atoms with Crippen molar-refractivity contribution in [2.24, 2.45) is 0 Å². The molecule has 0 aliphatic heterocycles. The molecule has 33 heavy (non-hydrogen) atoms. The third-order valence-corrected chi connectivity index (χ3v) is 6.03. The van der Waals surface area contributed by atoms with E-state index in [0.29, 0.717) is 5.16 Å². The van der Waals surface area contributed by atoms with Crippen LogP contribution in [0.25, 0.3) is 5.69 Å². The first-order valence-corrected chi connectivity index (χ1v) is 11.0. The summed E-state index contributed by atoms with van der Waals surface area (Å²) in [5.41, 5.74) is 1.89. The van der Waals surface area contributed by atoms with Crippen molar-refractivity contribution < 1.29 is 22.8 Å². The molecule has 0 aliphatic rings. The van der Waals surface area contributed by atoms with Crippen molar-refractivity contribution in [2.75, 3.05) is 24.7 Å². The number of anilines is 1. The Morgan fingerprint density at radius 1 is 1.12 bits per heavy atom. The third kappa shape index (κ3) is 5.95. The van der Waals surface area contributed by atoms with Gasteiger partial charge in [-0.2, -0.15) is 13.2 Å². The smallest absolute Gasteiger partial charge is 0.336 e. The van der Waals surface area contributed by atoms with Crippen molar-refractivity contribution in [1.29, 1.82) is 0 Å². The highest BCUT2D eigenvalue weighted by atomic mass is 32.2. The Labute approximate surface area is 193 Å². The fourth-order valence-electron chi connectivity index (χ4n) is 3.15. The largest absolute Gasteiger partial charge is 0.418 e. The Hall–Kier alpha value is -3.27. The van der Waals surface area contributed by atoms with Gasteiger partial charge in [-0.15, -0.1) is 0 Å². The SMILES string of the molecule is Cc1cccc(-n2ccnc2SCC(=O)N(C)CC(=O)Nc2ccccc2C(F)(F)F)c1C. The molecule has 1 aromatic heterocycles. The maximum absolute atomic E-state index is 13.1. The molecule has 0 saturated carbocycles. The maximum atomic E-state index is 13.1. The summed E-state index contributed by atoms with van der Waals surface area (Å²) in [5, 5.41) is 2.86. The molecule has 0 atom stereocenters. The molecule has 0 radical (unpaired) electrons. The van der Waals surface area contributed by atoms with Crippen molar-refractivity contribution in [1.82, 2.24) is 14.5 Å². The second kappa shape index (κ2) is 10.1. The molecule has 2 aromatic carbocycles. The van der Waals surface area contributed by atoms with Crippen LogP contribution in [0.15, 0.2) is 60.0 Å². The quantitative estimate of drug-likeness (QED) is 0.502. The predicted molar refractivity (Wildman–Crippen MR) is 121 cm³/mol. The summed E-state index contributed by atoms with van der Waals surface area (Å²) in [6, 6.07) is 10.6. The topological polar surface area (TPSA) is 67.2 Å². The number of para-hydroxylation sites is 1. The van der Waals surface area contributed by atoms with Crippen molar-refractivity contribution in [3.05, 3.63) is 71.5 Å². The van der Waals surface area contributed by atoms with Crippen LogP contribution in [-0.4, -0.2) is 45.6 Å². The van der Waals surface area contributed by atoms with Crippen LogP contribution in [0.5, 0.6) is 0 Å². The molecule has 0 fully saturated rings. The lowest BCUT2D eigenvalue weighted by molar-refractivity contribution is -0.137. The number of benzene rings is 2. The van der Waals surface area contributed by atoms with E-state index >= 15 is 0 Å². The summed E-state index contributed by atoms with van der Waals surface area (Å²) < 4.78 is 41.2. The van der Waals surface area contributed by atoms with Crippen molar-refractivity contribution in [3.8, 4) is 5.69 Å². The molecule has 10 heteroatoms. The first-order valence-electron chi connectivity index (χ1n) is 10.0. The zero-order valence-corrected chi connectivity index (χ0v) is 19.1. The highest BCUT2D eigenvalue weighted by Crippen LogP contribution is 2.34. The number of aromatic nitrogens is 2. The van der Waals surface area contributed by atoms with Crippen LogP contribution in [0.3, 0.4) is 0 Å². The fourth-order valence-corrected chi connectivity index (χ4v) is 4.05. The molecular formula is C23H23F3N4O2S. The normalized spacial score (nSPS) is 11.3. The Kier molecular flexibility index (Phi) is 7.47. The minimum atomic E-state index is -4.60. The second-order valence-corrected chi connectivity index (χ2v) is 8.37. The van der Waals surface area contributed by atoms with Crippen LogP contribution in [-0.2, 0) is 15.8 Å². The van der Waals surface area contributed by atoms with Crippen LogP contribution in [0.4, 0.5) is 18.9 Å². The number of halogens is 3. The number of rotatable bonds is 7. The van der Waals surface area contributed by atoms with Gasteiger partial charge in [-0.25, -0.2) is 4.98 Å². The van der Waals surface area contributed by atoms with Gasteiger partial charge in [0.15, 0.2) is 5.16 Å². The van der Waals surface area contributed by atoms with Crippen LogP contribution < -0.4 is 5.32 Å². The van der Waals surface area contributed by atoms with Gasteiger partial charge in [-0.05, 0) is 43.2 Å². The van der Waals surface area contributed by atoms with Gasteiger partial charge in [0, 0.05) is 19.4 Å². The summed E-state index contributed by atoms with van der Waals surface area (Å²) >= 11 is 1.22. The molecule has 0 bridgehead atoms. The van der Waals surface area contributed by atoms with E-state index in [1.54, 1.807) is 6.20 Å². The highest BCUT2D eigenvalue weighted by Gasteiger charge is 2.33. The van der Waals surface area contributed by atoms with E-state index in [9.17, 15) is 22.8 Å². The number of nitrogens with zero attached hydrogens (tertiary/aromatic N) is 3. The van der Waals surface area contributed by atoms with E-state index < -0.39 is 17.6 Å². The number of likely N-dealkylation sites (N-methyl/N-ethyl adjacent to an activating group) is 1. The van der Waals surface area contributed by atoms with Gasteiger partial charge in [0.25, 0.3) is 0 Å². The lowest BCUT2D eigenvalue weighted by Gasteiger charge is -2.18. The van der Waals surface area contributed by atoms with Crippen molar-refractivity contribution in [3.63, 3.8) is 0 Å². The molecule has 3 rings (SSSR count). The third-order valence-electron chi connectivity index (χ3n) is 5.08. The number of amides is 2. The van der Waals surface area contributed by atoms with E-state index in [1.807, 2.05) is 42.8 Å². The van der Waals surface area contributed by atoms with Gasteiger partial charge in [-0.3, -0.25) is 14.2 Å². The average Bonchev–Trinajstić information content (AvgIpc) is 3.21. The molecule has 6 nitrogen and oxygen atoms in total. The molecule has 1 N–H and O–H groups in total. The minimum absolute atomic E-state index is 0.0186. The molecule has 0 saturated heterocycles. The first-order chi connectivity index (χ1) is 15.6. The average molecular weight is 477 g/mol. The van der Waals surface area contributed by atoms with Gasteiger partial charge in [0.1, 0.15) is 0 Å². The zero-order chi connectivity index (χ0) is 24.2. The molecule has 3 aromatic rings. The monoisotopic (exact) mass is 476 g/mol. The van der Waals surface area contributed by atoms with E-state index in [-0.39, 0.29) is 23.9 Å². The number of thioether (sulfide) groups is 1. The molecule has 0 spiro atoms. The highest BCUT2D eigenvalue weighted by molar-refractivity contribution is 7.99. The second-order valence-electron chi connectivity index (χ2n) is 7.43. The Balaban J connectivity index is 1.60. The van der Waals surface area contributed by atoms with Crippen LogP contribution in [0, 0.1) is 13.8 Å². The standard InChI is InChI=1S/C23H23F3N4O2S/c1-15-7-6-10-19(16(15)2)30-12-11-27-22(30)33-14-21(32)29(3)13-20(31)28-18-9-5-4-8-17(18)23(24,25)26/h4-12H,13-14H2,1-3H3,(H,28,31). The Morgan fingerprint density at radius 3 is 2.58 bits per heavy atom. The van der Waals surface area contributed by atoms with E-state index in [2.05, 4.69) is 10.3 Å². The number of carbonyl (C=O) groups excluding carboxylic acids is 2. The number of hydrogen-bond acceptors (Lipinski definition) is 4. The van der Waals surface area contributed by atoms with Crippen molar-refractivity contribution in [2.45, 2.75) is 25.2 Å². The van der Waals surface area contributed by atoms with Crippen LogP contribution in [0.2, 0.25) is 0 Å². The number of alkyl halides is 3. The predicted octanol–water partition coefficient (Wildman–Crippen LogP) is 4.70.